The Kier molecular flexibility index (Phi) is 1.33. The Bertz CT molecular complexity index is 717. The monoisotopic (exact) mass is 204 g/mol. The Morgan fingerprint density at radius 2 is 1.00 bits per heavy atom. The lowest BCUT2D eigenvalue weighted by Gasteiger charge is -2.06. The Balaban J connectivity index is 2.35. The van der Waals surface area contributed by atoms with Gasteiger partial charge in [-0.3, -0.25) is 0 Å². The molecule has 1 aromatic heterocycles. The first-order chi connectivity index (χ1) is 7.92. The van der Waals surface area contributed by atoms with Gasteiger partial charge in [0.25, 0.3) is 0 Å². The van der Waals surface area contributed by atoms with Crippen molar-refractivity contribution in [3.05, 3.63) is 48.5 Å². The van der Waals surface area contributed by atoms with Crippen LogP contribution in [0.2, 0.25) is 0 Å². The fourth-order valence-electron chi connectivity index (χ4n) is 2.19. The van der Waals surface area contributed by atoms with Crippen LogP contribution >= 0.6 is 0 Å². The summed E-state index contributed by atoms with van der Waals surface area (Å²) in [5.41, 5.74) is 3.95. The van der Waals surface area contributed by atoms with E-state index >= 15 is 0 Å². The molecular formula is C14H8N2. The van der Waals surface area contributed by atoms with Gasteiger partial charge >= 0.3 is 0 Å². The molecule has 0 aliphatic carbocycles. The zero-order valence-corrected chi connectivity index (χ0v) is 8.51. The number of hydrogen-bond acceptors (Lipinski definition) is 2. The smallest absolute Gasteiger partial charge is 0.0973 e. The highest BCUT2D eigenvalue weighted by molar-refractivity contribution is 6.07. The van der Waals surface area contributed by atoms with E-state index in [2.05, 4.69) is 34.2 Å². The molecule has 0 fully saturated rings. The number of aromatic nitrogens is 2. The molecule has 0 amide bonds. The van der Waals surface area contributed by atoms with Gasteiger partial charge in [-0.1, -0.05) is 36.4 Å². The second-order valence-electron chi connectivity index (χ2n) is 3.99. The predicted molar refractivity (Wildman–Crippen MR) is 65.7 cm³/mol. The maximum Gasteiger partial charge on any atom is 0.0973 e. The maximum absolute atomic E-state index is 4.68. The van der Waals surface area contributed by atoms with E-state index in [0.29, 0.717) is 0 Å². The summed E-state index contributed by atoms with van der Waals surface area (Å²) in [6.07, 6.45) is 0. The first-order valence-electron chi connectivity index (χ1n) is 5.29. The molecule has 0 aliphatic heterocycles. The Morgan fingerprint density at radius 3 is 1.44 bits per heavy atom. The minimum Gasteiger partial charge on any atom is -0.244 e. The molecule has 0 N–H and O–H groups in total. The van der Waals surface area contributed by atoms with Gasteiger partial charge in [-0.2, -0.15) is 0 Å². The zero-order chi connectivity index (χ0) is 10.5. The topological polar surface area (TPSA) is 25.8 Å². The van der Waals surface area contributed by atoms with Crippen molar-refractivity contribution in [2.45, 2.75) is 0 Å². The van der Waals surface area contributed by atoms with Gasteiger partial charge < -0.3 is 0 Å². The normalized spacial score (nSPS) is 11.8. The summed E-state index contributed by atoms with van der Waals surface area (Å²) < 4.78 is 0. The van der Waals surface area contributed by atoms with Gasteiger partial charge in [0.15, 0.2) is 0 Å². The highest BCUT2D eigenvalue weighted by Gasteiger charge is 2.06. The molecule has 5 rings (SSSR count). The third-order valence-corrected chi connectivity index (χ3v) is 3.00. The summed E-state index contributed by atoms with van der Waals surface area (Å²) in [5, 5.41) is 2.31. The average Bonchev–Trinajstić information content (AvgIpc) is 2.38. The molecule has 0 aliphatic rings. The predicted octanol–water partition coefficient (Wildman–Crippen LogP) is 3.37. The highest BCUT2D eigenvalue weighted by Crippen LogP contribution is 2.26. The molecule has 2 bridgehead atoms. The van der Waals surface area contributed by atoms with E-state index < -0.39 is 0 Å². The van der Waals surface area contributed by atoms with Crippen molar-refractivity contribution >= 4 is 32.8 Å². The van der Waals surface area contributed by atoms with Crippen LogP contribution in [0.1, 0.15) is 0 Å². The van der Waals surface area contributed by atoms with Crippen LogP contribution in [0.25, 0.3) is 32.8 Å². The first-order valence-corrected chi connectivity index (χ1v) is 5.29. The van der Waals surface area contributed by atoms with Gasteiger partial charge in [0.2, 0.25) is 0 Å². The Hall–Kier alpha value is -2.22. The van der Waals surface area contributed by atoms with Crippen molar-refractivity contribution in [1.82, 2.24) is 9.97 Å². The van der Waals surface area contributed by atoms with Crippen LogP contribution < -0.4 is 0 Å². The number of nitrogens with zero attached hydrogens (tertiary/aromatic N) is 2. The largest absolute Gasteiger partial charge is 0.244 e. The van der Waals surface area contributed by atoms with Gasteiger partial charge in [0.1, 0.15) is 0 Å². The van der Waals surface area contributed by atoms with Gasteiger partial charge in [-0.15, -0.1) is 0 Å². The highest BCUT2D eigenvalue weighted by atomic mass is 14.8. The number of rotatable bonds is 0. The van der Waals surface area contributed by atoms with E-state index in [1.807, 2.05) is 24.3 Å². The molecule has 74 valence electrons. The van der Waals surface area contributed by atoms with E-state index in [-0.39, 0.29) is 0 Å². The van der Waals surface area contributed by atoms with Crippen molar-refractivity contribution in [3.63, 3.8) is 0 Å². The van der Waals surface area contributed by atoms with Crippen molar-refractivity contribution in [2.24, 2.45) is 0 Å². The van der Waals surface area contributed by atoms with Crippen molar-refractivity contribution in [1.29, 1.82) is 0 Å². The Morgan fingerprint density at radius 1 is 0.562 bits per heavy atom. The lowest BCUT2D eigenvalue weighted by atomic mass is 10.1. The SMILES string of the molecule is c1ccc2nc3c4ccc(cc4)c3nc2c1. The van der Waals surface area contributed by atoms with Crippen LogP contribution in [0.5, 0.6) is 0 Å². The van der Waals surface area contributed by atoms with Crippen molar-refractivity contribution in [2.75, 3.05) is 0 Å². The number of hydrogen-bond donors (Lipinski definition) is 0. The minimum absolute atomic E-state index is 0.962. The summed E-state index contributed by atoms with van der Waals surface area (Å²) >= 11 is 0. The van der Waals surface area contributed by atoms with Gasteiger partial charge in [0.05, 0.1) is 22.1 Å². The fraction of sp³-hybridized carbons (Fsp3) is 0. The lowest BCUT2D eigenvalue weighted by molar-refractivity contribution is 1.41. The third kappa shape index (κ3) is 0.910. The van der Waals surface area contributed by atoms with E-state index in [4.69, 9.17) is 0 Å². The van der Waals surface area contributed by atoms with E-state index in [1.54, 1.807) is 0 Å². The second kappa shape index (κ2) is 2.67. The molecular weight excluding hydrogens is 196 g/mol. The molecule has 4 aromatic carbocycles. The molecule has 16 heavy (non-hydrogen) atoms. The number of benzene rings is 4. The van der Waals surface area contributed by atoms with Gasteiger partial charge in [-0.25, -0.2) is 9.97 Å². The zero-order valence-electron chi connectivity index (χ0n) is 8.51. The van der Waals surface area contributed by atoms with E-state index in [1.165, 1.54) is 0 Å². The molecule has 1 heterocycles. The maximum atomic E-state index is 4.68. The van der Waals surface area contributed by atoms with Crippen molar-refractivity contribution < 1.29 is 0 Å². The third-order valence-electron chi connectivity index (χ3n) is 3.00. The van der Waals surface area contributed by atoms with E-state index in [9.17, 15) is 0 Å². The van der Waals surface area contributed by atoms with E-state index in [0.717, 1.165) is 32.8 Å². The summed E-state index contributed by atoms with van der Waals surface area (Å²) in [5.74, 6) is 0. The van der Waals surface area contributed by atoms with Gasteiger partial charge in [0, 0.05) is 10.8 Å². The molecule has 0 unspecified atom stereocenters. The Labute approximate surface area is 91.9 Å². The molecule has 0 atom stereocenters. The average molecular weight is 204 g/mol. The molecule has 5 aromatic rings. The van der Waals surface area contributed by atoms with Crippen LogP contribution in [0.15, 0.2) is 48.5 Å². The summed E-state index contributed by atoms with van der Waals surface area (Å²) in [6, 6.07) is 16.4. The standard InChI is InChI=1S/C14H8N2/c1-2-4-12-11(3-1)15-13-9-5-7-10(8-6-9)14(13)16-12/h1-8H. The van der Waals surface area contributed by atoms with Gasteiger partial charge in [-0.05, 0) is 12.1 Å². The minimum atomic E-state index is 0.962. The molecule has 0 radical (unpaired) electrons. The summed E-state index contributed by atoms with van der Waals surface area (Å²) in [6.45, 7) is 0. The van der Waals surface area contributed by atoms with Crippen molar-refractivity contribution in [3.8, 4) is 0 Å². The number of para-hydroxylation sites is 2. The summed E-state index contributed by atoms with van der Waals surface area (Å²) in [7, 11) is 0. The molecule has 2 nitrogen and oxygen atoms in total. The van der Waals surface area contributed by atoms with Crippen LogP contribution in [0, 0.1) is 0 Å². The van der Waals surface area contributed by atoms with Crippen LogP contribution in [-0.2, 0) is 0 Å². The number of fused-ring (bicyclic) bond motifs is 3. The molecule has 0 saturated heterocycles. The fourth-order valence-corrected chi connectivity index (χ4v) is 2.19. The first kappa shape index (κ1) is 7.99. The van der Waals surface area contributed by atoms with Crippen LogP contribution in [0.4, 0.5) is 0 Å². The second-order valence-corrected chi connectivity index (χ2v) is 3.99. The quantitative estimate of drug-likeness (QED) is 0.410. The summed E-state index contributed by atoms with van der Waals surface area (Å²) in [4.78, 5) is 9.35. The molecule has 2 heteroatoms. The molecule has 0 spiro atoms. The van der Waals surface area contributed by atoms with Crippen LogP contribution in [0.3, 0.4) is 0 Å². The lowest BCUT2D eigenvalue weighted by Crippen LogP contribution is -1.89. The van der Waals surface area contributed by atoms with Crippen LogP contribution in [-0.4, -0.2) is 9.97 Å². The molecule has 0 saturated carbocycles.